The fourth-order valence-electron chi connectivity index (χ4n) is 8.88. The van der Waals surface area contributed by atoms with Gasteiger partial charge in [-0.2, -0.15) is 0 Å². The monoisotopic (exact) mass is 1060 g/mol. The number of nitrogens with zero attached hydrogens (tertiary/aromatic N) is 1. The van der Waals surface area contributed by atoms with Crippen LogP contribution in [0.5, 0.6) is 0 Å². The highest BCUT2D eigenvalue weighted by atomic mass is 31.2. The Morgan fingerprint density at radius 3 is 1.31 bits per heavy atom. The van der Waals surface area contributed by atoms with Crippen molar-refractivity contribution in [1.29, 1.82) is 0 Å². The molecule has 0 aliphatic carbocycles. The SMILES string of the molecule is CC/C=C/C/C=C/C/C=C/CCCCCCC(=O)OC(/C=C\CCCCCCCCCCC)C(COP(=O)([O-])OCC[N+](C)(C)C)NC(=O)CCCCCCCCCCCCCCC/C=C/CCCCCCCC. The zero-order chi connectivity index (χ0) is 54.3. The van der Waals surface area contributed by atoms with E-state index in [1.165, 1.54) is 161 Å². The van der Waals surface area contributed by atoms with Gasteiger partial charge in [-0.15, -0.1) is 0 Å². The highest BCUT2D eigenvalue weighted by Gasteiger charge is 2.27. The predicted octanol–water partition coefficient (Wildman–Crippen LogP) is 18.4. The van der Waals surface area contributed by atoms with Crippen LogP contribution in [0.1, 0.15) is 284 Å². The van der Waals surface area contributed by atoms with Crippen LogP contribution >= 0.6 is 7.82 Å². The maximum absolute atomic E-state index is 13.5. The molecule has 0 fully saturated rings. The number of likely N-dealkylation sites (N-methyl/N-ethyl adjacent to an activating group) is 1. The lowest BCUT2D eigenvalue weighted by atomic mass is 10.0. The molecule has 0 heterocycles. The van der Waals surface area contributed by atoms with Gasteiger partial charge < -0.3 is 28.5 Å². The average molecular weight is 1060 g/mol. The molecule has 0 radical (unpaired) electrons. The number of quaternary nitrogens is 1. The summed E-state index contributed by atoms with van der Waals surface area (Å²) in [5, 5.41) is 3.02. The van der Waals surface area contributed by atoms with Crippen LogP contribution in [0.2, 0.25) is 0 Å². The number of allylic oxidation sites excluding steroid dienone is 9. The molecule has 0 aromatic carbocycles. The van der Waals surface area contributed by atoms with Crippen molar-refractivity contribution in [2.45, 2.75) is 296 Å². The Balaban J connectivity index is 5.14. The Morgan fingerprint density at radius 1 is 0.486 bits per heavy atom. The fourth-order valence-corrected chi connectivity index (χ4v) is 9.61. The van der Waals surface area contributed by atoms with Gasteiger partial charge in [0.1, 0.15) is 19.3 Å². The lowest BCUT2D eigenvalue weighted by Crippen LogP contribution is -2.47. The first-order valence-corrected chi connectivity index (χ1v) is 32.6. The molecule has 9 nitrogen and oxygen atoms in total. The van der Waals surface area contributed by atoms with E-state index in [4.69, 9.17) is 13.8 Å². The second-order valence-corrected chi connectivity index (χ2v) is 23.6. The van der Waals surface area contributed by atoms with Gasteiger partial charge in [-0.3, -0.25) is 14.2 Å². The van der Waals surface area contributed by atoms with Crippen molar-refractivity contribution >= 4 is 19.7 Å². The molecule has 1 N–H and O–H groups in total. The highest BCUT2D eigenvalue weighted by Crippen LogP contribution is 2.38. The van der Waals surface area contributed by atoms with E-state index >= 15 is 0 Å². The molecule has 0 aromatic heterocycles. The van der Waals surface area contributed by atoms with Crippen LogP contribution in [-0.2, 0) is 27.9 Å². The molecule has 0 aliphatic heterocycles. The van der Waals surface area contributed by atoms with E-state index in [0.29, 0.717) is 23.9 Å². The maximum atomic E-state index is 13.5. The highest BCUT2D eigenvalue weighted by molar-refractivity contribution is 7.45. The Morgan fingerprint density at radius 2 is 0.865 bits per heavy atom. The molecule has 0 saturated heterocycles. The quantitative estimate of drug-likeness (QED) is 0.0212. The van der Waals surface area contributed by atoms with Crippen molar-refractivity contribution < 1.29 is 37.3 Å². The normalized spacial score (nSPS) is 14.1. The van der Waals surface area contributed by atoms with E-state index in [0.717, 1.165) is 83.5 Å². The van der Waals surface area contributed by atoms with Crippen LogP contribution in [0.4, 0.5) is 0 Å². The third kappa shape index (κ3) is 54.5. The number of ether oxygens (including phenoxy) is 1. The zero-order valence-electron chi connectivity index (χ0n) is 49.3. The van der Waals surface area contributed by atoms with Gasteiger partial charge in [0.15, 0.2) is 0 Å². The number of unbranched alkanes of at least 4 members (excludes halogenated alkanes) is 32. The number of phosphoric acid groups is 1. The van der Waals surface area contributed by atoms with Gasteiger partial charge in [0.05, 0.1) is 33.8 Å². The molecule has 0 aromatic rings. The summed E-state index contributed by atoms with van der Waals surface area (Å²) < 4.78 is 30.3. The van der Waals surface area contributed by atoms with Gasteiger partial charge in [0.25, 0.3) is 7.82 Å². The molecule has 74 heavy (non-hydrogen) atoms. The Hall–Kier alpha value is -2.29. The first kappa shape index (κ1) is 71.7. The van der Waals surface area contributed by atoms with Crippen molar-refractivity contribution in [1.82, 2.24) is 5.32 Å². The van der Waals surface area contributed by atoms with Crippen molar-refractivity contribution in [2.75, 3.05) is 40.9 Å². The summed E-state index contributed by atoms with van der Waals surface area (Å²) in [4.78, 5) is 39.9. The van der Waals surface area contributed by atoms with E-state index in [1.54, 1.807) is 0 Å². The van der Waals surface area contributed by atoms with Crippen molar-refractivity contribution in [3.05, 3.63) is 60.8 Å². The standard InChI is InChI=1S/C64H119N2O7P/c1-7-10-13-16-19-22-25-27-29-30-31-32-33-34-35-36-37-38-41-44-47-50-53-56-63(67)65-61(60-72-74(69,70)71-59-58-66(4,5)6)62(55-52-49-46-43-40-24-21-18-15-12-9-3)73-64(68)57-54-51-48-45-42-39-28-26-23-20-17-14-11-8-2/h11,14,20,23,27-29,39,52,55,61-62H,7-10,12-13,15-19,21-22,24-26,30-38,40-51,53-54,56-60H2,1-6H3,(H-,65,67,69,70)/b14-11+,23-20+,29-27+,39-28+,55-52-. The largest absolute Gasteiger partial charge is 0.756 e. The Bertz CT molecular complexity index is 1450. The van der Waals surface area contributed by atoms with Gasteiger partial charge >= 0.3 is 5.97 Å². The van der Waals surface area contributed by atoms with Crippen molar-refractivity contribution in [3.8, 4) is 0 Å². The van der Waals surface area contributed by atoms with Crippen LogP contribution in [0.3, 0.4) is 0 Å². The number of amides is 1. The summed E-state index contributed by atoms with van der Waals surface area (Å²) in [6.07, 6.45) is 67.7. The van der Waals surface area contributed by atoms with Gasteiger partial charge in [0, 0.05) is 12.8 Å². The van der Waals surface area contributed by atoms with E-state index in [1.807, 2.05) is 33.3 Å². The molecule has 0 saturated carbocycles. The molecule has 0 spiro atoms. The summed E-state index contributed by atoms with van der Waals surface area (Å²) >= 11 is 0. The first-order chi connectivity index (χ1) is 35.9. The number of carbonyl (C=O) groups is 2. The van der Waals surface area contributed by atoms with Crippen LogP contribution in [0.25, 0.3) is 0 Å². The van der Waals surface area contributed by atoms with E-state index in [-0.39, 0.29) is 24.9 Å². The van der Waals surface area contributed by atoms with Gasteiger partial charge in [0.2, 0.25) is 5.91 Å². The third-order valence-electron chi connectivity index (χ3n) is 13.7. The van der Waals surface area contributed by atoms with E-state index in [2.05, 4.69) is 74.7 Å². The topological polar surface area (TPSA) is 114 Å². The molecule has 3 atom stereocenters. The number of esters is 1. The molecule has 432 valence electrons. The minimum absolute atomic E-state index is 0.0267. The van der Waals surface area contributed by atoms with Crippen LogP contribution in [0, 0.1) is 0 Å². The number of hydrogen-bond donors (Lipinski definition) is 1. The number of hydrogen-bond acceptors (Lipinski definition) is 7. The minimum Gasteiger partial charge on any atom is -0.756 e. The number of phosphoric ester groups is 1. The molecule has 0 bridgehead atoms. The summed E-state index contributed by atoms with van der Waals surface area (Å²) in [5.41, 5.74) is 0. The molecular weight excluding hydrogens is 940 g/mol. The zero-order valence-corrected chi connectivity index (χ0v) is 50.2. The predicted molar refractivity (Wildman–Crippen MR) is 316 cm³/mol. The van der Waals surface area contributed by atoms with E-state index < -0.39 is 26.6 Å². The summed E-state index contributed by atoms with van der Waals surface area (Å²) in [6, 6.07) is -0.897. The molecule has 0 rings (SSSR count). The van der Waals surface area contributed by atoms with Gasteiger partial charge in [-0.05, 0) is 89.5 Å². The van der Waals surface area contributed by atoms with Gasteiger partial charge in [-0.25, -0.2) is 0 Å². The second-order valence-electron chi connectivity index (χ2n) is 22.2. The lowest BCUT2D eigenvalue weighted by Gasteiger charge is -2.30. The van der Waals surface area contributed by atoms with Crippen molar-refractivity contribution in [2.24, 2.45) is 0 Å². The molecule has 10 heteroatoms. The van der Waals surface area contributed by atoms with Crippen LogP contribution in [-0.4, -0.2) is 69.4 Å². The average Bonchev–Trinajstić information content (AvgIpc) is 3.36. The summed E-state index contributed by atoms with van der Waals surface area (Å²) in [7, 11) is 1.17. The molecule has 1 amide bonds. The maximum Gasteiger partial charge on any atom is 0.306 e. The fraction of sp³-hybridized carbons (Fsp3) is 0.812. The summed E-state index contributed by atoms with van der Waals surface area (Å²) in [5.74, 6) is -0.563. The molecular formula is C64H119N2O7P. The van der Waals surface area contributed by atoms with Crippen LogP contribution in [0.15, 0.2) is 60.8 Å². The van der Waals surface area contributed by atoms with Gasteiger partial charge in [-0.1, -0.05) is 242 Å². The first-order valence-electron chi connectivity index (χ1n) is 31.1. The second kappa shape index (κ2) is 54.1. The Kier molecular flexibility index (Phi) is 52.4. The van der Waals surface area contributed by atoms with E-state index in [9.17, 15) is 19.0 Å². The van der Waals surface area contributed by atoms with Crippen molar-refractivity contribution in [3.63, 3.8) is 0 Å². The molecule has 3 unspecified atom stereocenters. The molecule has 0 aliphatic rings. The number of nitrogens with one attached hydrogen (secondary N) is 1. The summed E-state index contributed by atoms with van der Waals surface area (Å²) in [6.45, 7) is 6.72. The number of carbonyl (C=O) groups excluding carboxylic acids is 2. The minimum atomic E-state index is -4.70. The third-order valence-corrected chi connectivity index (χ3v) is 14.6. The van der Waals surface area contributed by atoms with Crippen LogP contribution < -0.4 is 10.2 Å². The smallest absolute Gasteiger partial charge is 0.306 e. The Labute approximate surface area is 458 Å². The number of rotatable bonds is 56. The lowest BCUT2D eigenvalue weighted by molar-refractivity contribution is -0.870.